The van der Waals surface area contributed by atoms with Gasteiger partial charge in [0.2, 0.25) is 0 Å². The summed E-state index contributed by atoms with van der Waals surface area (Å²) >= 11 is 0. The molecule has 4 heteroatoms. The molecule has 0 aliphatic rings. The van der Waals surface area contributed by atoms with Gasteiger partial charge in [0.25, 0.3) is 5.91 Å². The molecule has 4 nitrogen and oxygen atoms in total. The second-order valence-electron chi connectivity index (χ2n) is 4.45. The van der Waals surface area contributed by atoms with Crippen molar-refractivity contribution in [3.63, 3.8) is 0 Å². The Hall–Kier alpha value is -1.55. The molecule has 0 aromatic heterocycles. The van der Waals surface area contributed by atoms with Gasteiger partial charge in [0.1, 0.15) is 5.75 Å². The molecule has 0 spiro atoms. The first-order chi connectivity index (χ1) is 7.92. The highest BCUT2D eigenvalue weighted by Gasteiger charge is 2.14. The van der Waals surface area contributed by atoms with E-state index >= 15 is 0 Å². The first kappa shape index (κ1) is 13.5. The van der Waals surface area contributed by atoms with E-state index in [9.17, 15) is 9.90 Å². The second-order valence-corrected chi connectivity index (χ2v) is 4.45. The van der Waals surface area contributed by atoms with Crippen LogP contribution in [0.2, 0.25) is 0 Å². The maximum Gasteiger partial charge on any atom is 0.251 e. The van der Waals surface area contributed by atoms with Gasteiger partial charge in [0.15, 0.2) is 0 Å². The van der Waals surface area contributed by atoms with E-state index in [1.54, 1.807) is 38.1 Å². The number of hydrogen-bond acceptors (Lipinski definition) is 3. The fraction of sp³-hybridized carbons (Fsp3) is 0.462. The summed E-state index contributed by atoms with van der Waals surface area (Å²) in [5, 5.41) is 12.2. The predicted octanol–water partition coefficient (Wildman–Crippen LogP) is 1.59. The fourth-order valence-corrected chi connectivity index (χ4v) is 1.27. The summed E-state index contributed by atoms with van der Waals surface area (Å²) in [6, 6.07) is 6.90. The molecular formula is C13H19NO3. The van der Waals surface area contributed by atoms with E-state index in [4.69, 9.17) is 4.74 Å². The minimum Gasteiger partial charge on any atom is -0.494 e. The average molecular weight is 237 g/mol. The van der Waals surface area contributed by atoms with Gasteiger partial charge in [-0.2, -0.15) is 0 Å². The summed E-state index contributed by atoms with van der Waals surface area (Å²) in [4.78, 5) is 11.7. The van der Waals surface area contributed by atoms with Crippen LogP contribution in [0.5, 0.6) is 5.75 Å². The number of nitrogens with one attached hydrogen (secondary N) is 1. The molecule has 94 valence electrons. The van der Waals surface area contributed by atoms with Gasteiger partial charge in [-0.3, -0.25) is 4.79 Å². The number of carbonyl (C=O) groups is 1. The van der Waals surface area contributed by atoms with Crippen LogP contribution in [0.1, 0.15) is 31.1 Å². The first-order valence-corrected chi connectivity index (χ1v) is 5.66. The lowest BCUT2D eigenvalue weighted by atomic mass is 10.1. The summed E-state index contributed by atoms with van der Waals surface area (Å²) in [5.41, 5.74) is -0.348. The number of amides is 1. The number of ether oxygens (including phenoxy) is 1. The van der Waals surface area contributed by atoms with Crippen molar-refractivity contribution >= 4 is 5.91 Å². The molecule has 1 amide bonds. The Bertz CT molecular complexity index is 365. The van der Waals surface area contributed by atoms with Gasteiger partial charge in [-0.25, -0.2) is 0 Å². The quantitative estimate of drug-likeness (QED) is 0.817. The van der Waals surface area contributed by atoms with Crippen molar-refractivity contribution in [2.45, 2.75) is 26.4 Å². The van der Waals surface area contributed by atoms with Crippen LogP contribution in [-0.2, 0) is 0 Å². The zero-order valence-corrected chi connectivity index (χ0v) is 10.5. The third kappa shape index (κ3) is 4.87. The van der Waals surface area contributed by atoms with Crippen molar-refractivity contribution in [3.05, 3.63) is 29.8 Å². The normalized spacial score (nSPS) is 11.1. The largest absolute Gasteiger partial charge is 0.494 e. The SMILES string of the molecule is CCOc1ccc(C(=O)NCC(C)(C)O)cc1. The lowest BCUT2D eigenvalue weighted by Gasteiger charge is -2.17. The molecule has 1 aromatic carbocycles. The summed E-state index contributed by atoms with van der Waals surface area (Å²) in [6.45, 7) is 6.02. The minimum absolute atomic E-state index is 0.199. The zero-order valence-electron chi connectivity index (χ0n) is 10.5. The standard InChI is InChI=1S/C13H19NO3/c1-4-17-11-7-5-10(6-8-11)12(15)14-9-13(2,3)16/h5-8,16H,4,9H2,1-3H3,(H,14,15). The molecule has 0 aliphatic carbocycles. The zero-order chi connectivity index (χ0) is 12.9. The van der Waals surface area contributed by atoms with Gasteiger partial charge < -0.3 is 15.2 Å². The molecule has 0 heterocycles. The molecule has 0 saturated heterocycles. The minimum atomic E-state index is -0.902. The van der Waals surface area contributed by atoms with E-state index < -0.39 is 5.60 Å². The molecule has 0 radical (unpaired) electrons. The average Bonchev–Trinajstić information content (AvgIpc) is 2.26. The highest BCUT2D eigenvalue weighted by molar-refractivity contribution is 5.94. The van der Waals surface area contributed by atoms with Gasteiger partial charge >= 0.3 is 0 Å². The van der Waals surface area contributed by atoms with Crippen molar-refractivity contribution in [2.24, 2.45) is 0 Å². The number of aliphatic hydroxyl groups is 1. The molecule has 17 heavy (non-hydrogen) atoms. The third-order valence-electron chi connectivity index (χ3n) is 2.11. The number of carbonyl (C=O) groups excluding carboxylic acids is 1. The summed E-state index contributed by atoms with van der Waals surface area (Å²) in [7, 11) is 0. The number of rotatable bonds is 5. The predicted molar refractivity (Wildman–Crippen MR) is 66.2 cm³/mol. The maximum absolute atomic E-state index is 11.7. The van der Waals surface area contributed by atoms with Crippen LogP contribution in [0, 0.1) is 0 Å². The molecule has 0 bridgehead atoms. The Morgan fingerprint density at radius 3 is 2.41 bits per heavy atom. The highest BCUT2D eigenvalue weighted by atomic mass is 16.5. The molecule has 0 unspecified atom stereocenters. The van der Waals surface area contributed by atoms with E-state index in [0.29, 0.717) is 12.2 Å². The lowest BCUT2D eigenvalue weighted by molar-refractivity contribution is 0.0694. The van der Waals surface area contributed by atoms with E-state index in [2.05, 4.69) is 5.32 Å². The Morgan fingerprint density at radius 2 is 1.94 bits per heavy atom. The smallest absolute Gasteiger partial charge is 0.251 e. The van der Waals surface area contributed by atoms with Gasteiger partial charge in [0, 0.05) is 12.1 Å². The Labute approximate surface area is 102 Å². The van der Waals surface area contributed by atoms with Crippen molar-refractivity contribution in [3.8, 4) is 5.75 Å². The van der Waals surface area contributed by atoms with Crippen LogP contribution < -0.4 is 10.1 Å². The van der Waals surface area contributed by atoms with Crippen molar-refractivity contribution in [1.29, 1.82) is 0 Å². The Morgan fingerprint density at radius 1 is 1.35 bits per heavy atom. The van der Waals surface area contributed by atoms with Crippen molar-refractivity contribution in [2.75, 3.05) is 13.2 Å². The molecule has 1 aromatic rings. The molecular weight excluding hydrogens is 218 g/mol. The van der Waals surface area contributed by atoms with Crippen LogP contribution in [0.15, 0.2) is 24.3 Å². The first-order valence-electron chi connectivity index (χ1n) is 5.66. The van der Waals surface area contributed by atoms with E-state index in [0.717, 1.165) is 5.75 Å². The lowest BCUT2D eigenvalue weighted by Crippen LogP contribution is -2.38. The molecule has 0 saturated carbocycles. The van der Waals surface area contributed by atoms with Crippen LogP contribution in [0.25, 0.3) is 0 Å². The Kier molecular flexibility index (Phi) is 4.52. The summed E-state index contributed by atoms with van der Waals surface area (Å²) < 4.78 is 5.28. The van der Waals surface area contributed by atoms with Crippen LogP contribution >= 0.6 is 0 Å². The number of benzene rings is 1. The second kappa shape index (κ2) is 5.68. The third-order valence-corrected chi connectivity index (χ3v) is 2.11. The molecule has 1 rings (SSSR count). The van der Waals surface area contributed by atoms with Gasteiger partial charge in [0.05, 0.1) is 12.2 Å². The molecule has 0 aliphatic heterocycles. The van der Waals surface area contributed by atoms with Crippen molar-refractivity contribution in [1.82, 2.24) is 5.32 Å². The van der Waals surface area contributed by atoms with E-state index in [1.165, 1.54) is 0 Å². The molecule has 0 fully saturated rings. The van der Waals surface area contributed by atoms with Crippen LogP contribution in [-0.4, -0.2) is 29.8 Å². The topological polar surface area (TPSA) is 58.6 Å². The maximum atomic E-state index is 11.7. The van der Waals surface area contributed by atoms with Crippen molar-refractivity contribution < 1.29 is 14.6 Å². The highest BCUT2D eigenvalue weighted by Crippen LogP contribution is 2.12. The van der Waals surface area contributed by atoms with E-state index in [-0.39, 0.29) is 12.5 Å². The van der Waals surface area contributed by atoms with Gasteiger partial charge in [-0.1, -0.05) is 0 Å². The number of hydrogen-bond donors (Lipinski definition) is 2. The monoisotopic (exact) mass is 237 g/mol. The molecule has 2 N–H and O–H groups in total. The Balaban J connectivity index is 2.57. The fourth-order valence-electron chi connectivity index (χ4n) is 1.27. The molecule has 0 atom stereocenters. The summed E-state index contributed by atoms with van der Waals surface area (Å²) in [6.07, 6.45) is 0. The van der Waals surface area contributed by atoms with Gasteiger partial charge in [-0.05, 0) is 45.0 Å². The van der Waals surface area contributed by atoms with Gasteiger partial charge in [-0.15, -0.1) is 0 Å². The van der Waals surface area contributed by atoms with E-state index in [1.807, 2.05) is 6.92 Å². The summed E-state index contributed by atoms with van der Waals surface area (Å²) in [5.74, 6) is 0.543. The van der Waals surface area contributed by atoms with Crippen LogP contribution in [0.4, 0.5) is 0 Å². The van der Waals surface area contributed by atoms with Crippen LogP contribution in [0.3, 0.4) is 0 Å².